The van der Waals surface area contributed by atoms with E-state index in [0.717, 1.165) is 81.1 Å². The second-order valence-corrected chi connectivity index (χ2v) is 12.3. The Morgan fingerprint density at radius 3 is 1.33 bits per heavy atom. The van der Waals surface area contributed by atoms with Gasteiger partial charge in [-0.15, -0.1) is 0 Å². The quantitative estimate of drug-likeness (QED) is 0.201. The smallest absolute Gasteiger partial charge is 0.252 e. The number of rotatable bonds is 6. The number of benzene rings is 4. The zero-order chi connectivity index (χ0) is 31.6. The van der Waals surface area contributed by atoms with Crippen LogP contribution in [0.5, 0.6) is 0 Å². The predicted octanol–water partition coefficient (Wildman–Crippen LogP) is 8.20. The molecule has 1 fully saturated rings. The maximum Gasteiger partial charge on any atom is 0.252 e. The highest BCUT2D eigenvalue weighted by Gasteiger charge is 2.26. The Kier molecular flexibility index (Phi) is 8.02. The standard InChI is InChI=1S/C40H36N4O2/c1-25-11-3-5-13-29(25)37-23-33(31-15-7-9-17-35(31)43-37)39(45)41-27-19-21-28(22-20-27)42-40(46)34-24-38(30-14-6-4-12-26(30)2)44-36-18-10-8-16-32(34)36/h3-18,23-24,27-28H,19-22H2,1-2H3,(H,41,45)(H,42,46). The Balaban J connectivity index is 1.06. The molecule has 7 rings (SSSR count). The van der Waals surface area contributed by atoms with Crippen molar-refractivity contribution in [3.63, 3.8) is 0 Å². The molecule has 0 aliphatic heterocycles. The molecule has 1 aliphatic carbocycles. The van der Waals surface area contributed by atoms with Gasteiger partial charge in [0.2, 0.25) is 0 Å². The molecular formula is C40H36N4O2. The fourth-order valence-corrected chi connectivity index (χ4v) is 6.63. The Bertz CT molecular complexity index is 1940. The Hall–Kier alpha value is -5.36. The second kappa shape index (κ2) is 12.6. The number of hydrogen-bond donors (Lipinski definition) is 2. The van der Waals surface area contributed by atoms with Crippen LogP contribution in [0, 0.1) is 13.8 Å². The largest absolute Gasteiger partial charge is 0.349 e. The van der Waals surface area contributed by atoms with Gasteiger partial charge in [-0.25, -0.2) is 9.97 Å². The molecule has 2 aromatic heterocycles. The molecule has 0 spiro atoms. The molecule has 0 saturated heterocycles. The minimum absolute atomic E-state index is 0.0314. The molecule has 6 heteroatoms. The lowest BCUT2D eigenvalue weighted by Gasteiger charge is -2.30. The van der Waals surface area contributed by atoms with E-state index in [2.05, 4.69) is 36.6 Å². The molecule has 6 aromatic rings. The number of para-hydroxylation sites is 2. The number of carbonyl (C=O) groups is 2. The topological polar surface area (TPSA) is 84.0 Å². The normalized spacial score (nSPS) is 16.3. The molecule has 1 saturated carbocycles. The van der Waals surface area contributed by atoms with Crippen LogP contribution in [-0.4, -0.2) is 33.9 Å². The van der Waals surface area contributed by atoms with Crippen LogP contribution >= 0.6 is 0 Å². The van der Waals surface area contributed by atoms with Crippen molar-refractivity contribution in [2.75, 3.05) is 0 Å². The van der Waals surface area contributed by atoms with E-state index in [1.165, 1.54) is 0 Å². The highest BCUT2D eigenvalue weighted by atomic mass is 16.2. The Morgan fingerprint density at radius 1 is 0.543 bits per heavy atom. The summed E-state index contributed by atoms with van der Waals surface area (Å²) in [7, 11) is 0. The van der Waals surface area contributed by atoms with Gasteiger partial charge in [0.25, 0.3) is 11.8 Å². The minimum Gasteiger partial charge on any atom is -0.349 e. The predicted molar refractivity (Wildman–Crippen MR) is 185 cm³/mol. The summed E-state index contributed by atoms with van der Waals surface area (Å²) in [5, 5.41) is 8.27. The summed E-state index contributed by atoms with van der Waals surface area (Å²) in [6, 6.07) is 35.7. The molecule has 1 aliphatic rings. The molecule has 2 heterocycles. The molecule has 4 aromatic carbocycles. The number of amides is 2. The SMILES string of the molecule is Cc1ccccc1-c1cc(C(=O)NC2CCC(NC(=O)c3cc(-c4ccccc4C)nc4ccccc34)CC2)c2ccccc2n1. The number of aryl methyl sites for hydroxylation is 2. The van der Waals surface area contributed by atoms with E-state index in [4.69, 9.17) is 9.97 Å². The van der Waals surface area contributed by atoms with Gasteiger partial charge in [-0.3, -0.25) is 9.59 Å². The van der Waals surface area contributed by atoms with Crippen molar-refractivity contribution in [3.05, 3.63) is 131 Å². The molecule has 2 amide bonds. The highest BCUT2D eigenvalue weighted by Crippen LogP contribution is 2.29. The lowest BCUT2D eigenvalue weighted by Crippen LogP contribution is -2.44. The summed E-state index contributed by atoms with van der Waals surface area (Å²) in [6.45, 7) is 4.12. The number of nitrogens with one attached hydrogen (secondary N) is 2. The van der Waals surface area contributed by atoms with E-state index in [0.29, 0.717) is 11.1 Å². The van der Waals surface area contributed by atoms with Gasteiger partial charge in [-0.05, 0) is 74.9 Å². The van der Waals surface area contributed by atoms with Crippen LogP contribution in [0.2, 0.25) is 0 Å². The van der Waals surface area contributed by atoms with Crippen LogP contribution < -0.4 is 10.6 Å². The van der Waals surface area contributed by atoms with Crippen LogP contribution in [0.1, 0.15) is 57.5 Å². The zero-order valence-electron chi connectivity index (χ0n) is 26.1. The average Bonchev–Trinajstić information content (AvgIpc) is 3.08. The number of pyridine rings is 2. The van der Waals surface area contributed by atoms with Gasteiger partial charge >= 0.3 is 0 Å². The van der Waals surface area contributed by atoms with Gasteiger partial charge < -0.3 is 10.6 Å². The molecule has 228 valence electrons. The minimum atomic E-state index is -0.0899. The number of hydrogen-bond acceptors (Lipinski definition) is 4. The number of carbonyl (C=O) groups excluding carboxylic acids is 2. The summed E-state index contributed by atoms with van der Waals surface area (Å²) < 4.78 is 0. The molecule has 0 unspecified atom stereocenters. The molecule has 6 nitrogen and oxygen atoms in total. The zero-order valence-corrected chi connectivity index (χ0v) is 26.1. The van der Waals surface area contributed by atoms with Crippen LogP contribution in [0.15, 0.2) is 109 Å². The molecule has 0 radical (unpaired) electrons. The first-order chi connectivity index (χ1) is 22.4. The van der Waals surface area contributed by atoms with E-state index < -0.39 is 0 Å². The fraction of sp³-hybridized carbons (Fsp3) is 0.200. The molecule has 0 bridgehead atoms. The van der Waals surface area contributed by atoms with Gasteiger partial charge in [0, 0.05) is 34.0 Å². The van der Waals surface area contributed by atoms with E-state index in [9.17, 15) is 9.59 Å². The Morgan fingerprint density at radius 2 is 0.913 bits per heavy atom. The number of fused-ring (bicyclic) bond motifs is 2. The van der Waals surface area contributed by atoms with Crippen LogP contribution in [0.4, 0.5) is 0 Å². The van der Waals surface area contributed by atoms with Gasteiger partial charge in [-0.2, -0.15) is 0 Å². The van der Waals surface area contributed by atoms with E-state index in [1.807, 2.05) is 97.1 Å². The van der Waals surface area contributed by atoms with Crippen molar-refractivity contribution in [2.45, 2.75) is 51.6 Å². The third-order valence-electron chi connectivity index (χ3n) is 9.16. The van der Waals surface area contributed by atoms with Gasteiger partial charge in [0.1, 0.15) is 0 Å². The second-order valence-electron chi connectivity index (χ2n) is 12.3. The third kappa shape index (κ3) is 5.86. The van der Waals surface area contributed by atoms with Crippen LogP contribution in [0.3, 0.4) is 0 Å². The molecule has 0 atom stereocenters. The summed E-state index contributed by atoms with van der Waals surface area (Å²) in [5.41, 5.74) is 8.72. The van der Waals surface area contributed by atoms with Crippen molar-refractivity contribution in [2.24, 2.45) is 0 Å². The van der Waals surface area contributed by atoms with Crippen molar-refractivity contribution < 1.29 is 9.59 Å². The van der Waals surface area contributed by atoms with Gasteiger partial charge in [0.15, 0.2) is 0 Å². The number of aromatic nitrogens is 2. The van der Waals surface area contributed by atoms with Gasteiger partial charge in [0.05, 0.1) is 33.5 Å². The first kappa shape index (κ1) is 29.4. The summed E-state index contributed by atoms with van der Waals surface area (Å²) >= 11 is 0. The molecule has 2 N–H and O–H groups in total. The van der Waals surface area contributed by atoms with Crippen molar-refractivity contribution in [1.82, 2.24) is 20.6 Å². The third-order valence-corrected chi connectivity index (χ3v) is 9.16. The van der Waals surface area contributed by atoms with Crippen molar-refractivity contribution >= 4 is 33.6 Å². The van der Waals surface area contributed by atoms with E-state index >= 15 is 0 Å². The Labute approximate surface area is 268 Å². The molecular weight excluding hydrogens is 568 g/mol. The lowest BCUT2D eigenvalue weighted by atomic mass is 9.90. The highest BCUT2D eigenvalue weighted by molar-refractivity contribution is 6.08. The number of nitrogens with zero attached hydrogens (tertiary/aromatic N) is 2. The summed E-state index contributed by atoms with van der Waals surface area (Å²) in [5.74, 6) is -0.180. The average molecular weight is 605 g/mol. The maximum atomic E-state index is 13.7. The molecule has 46 heavy (non-hydrogen) atoms. The summed E-state index contributed by atoms with van der Waals surface area (Å²) in [4.78, 5) is 37.2. The van der Waals surface area contributed by atoms with E-state index in [-0.39, 0.29) is 23.9 Å². The van der Waals surface area contributed by atoms with Crippen LogP contribution in [0.25, 0.3) is 44.3 Å². The monoisotopic (exact) mass is 604 g/mol. The van der Waals surface area contributed by atoms with E-state index in [1.54, 1.807) is 0 Å². The van der Waals surface area contributed by atoms with Crippen LogP contribution in [-0.2, 0) is 0 Å². The van der Waals surface area contributed by atoms with Crippen molar-refractivity contribution in [1.29, 1.82) is 0 Å². The first-order valence-corrected chi connectivity index (χ1v) is 16.0. The van der Waals surface area contributed by atoms with Gasteiger partial charge in [-0.1, -0.05) is 84.9 Å². The van der Waals surface area contributed by atoms with Crippen molar-refractivity contribution in [3.8, 4) is 22.5 Å². The maximum absolute atomic E-state index is 13.7. The lowest BCUT2D eigenvalue weighted by molar-refractivity contribution is 0.0893. The fourth-order valence-electron chi connectivity index (χ4n) is 6.63. The first-order valence-electron chi connectivity index (χ1n) is 16.0. The summed E-state index contributed by atoms with van der Waals surface area (Å²) in [6.07, 6.45) is 3.15.